The summed E-state index contributed by atoms with van der Waals surface area (Å²) >= 11 is 0. The number of nitrogens with zero attached hydrogens (tertiary/aromatic N) is 1. The Hall–Kier alpha value is -7.16. The van der Waals surface area contributed by atoms with Crippen LogP contribution in [0.15, 0.2) is 0 Å². The fraction of sp³-hybridized carbons (Fsp3) is 0. The lowest BCUT2D eigenvalue weighted by Gasteiger charge is -2.21. The molecule has 0 bridgehead atoms. The van der Waals surface area contributed by atoms with Gasteiger partial charge in [-0.2, -0.15) is 0 Å². The van der Waals surface area contributed by atoms with E-state index in [1.54, 1.807) is 0 Å². The molecule has 370 valence electrons. The predicted octanol–water partition coefficient (Wildman–Crippen LogP) is 8.72. The fourth-order valence-electron chi connectivity index (χ4n) is 6.12. The van der Waals surface area contributed by atoms with Gasteiger partial charge >= 0.3 is 0 Å². The molecule has 0 N–H and O–H groups in total. The minimum atomic E-state index is -3.96. The van der Waals surface area contributed by atoms with E-state index in [1.807, 2.05) is 0 Å². The maximum Gasteiger partial charge on any atom is 0.265 e. The van der Waals surface area contributed by atoms with Gasteiger partial charge < -0.3 is 0 Å². The van der Waals surface area contributed by atoms with Crippen molar-refractivity contribution in [2.24, 2.45) is 0 Å². The standard InChI is InChI=1S/2C18BF15.CHN/c2*20-4-1(5(21)11(27)16(32)10(4)26)19(2-6(22)12(28)17(33)13(29)7(2)23)3-8(24)14(30)18(34)15(31)9(3)25;1-2/h;;1H. The summed E-state index contributed by atoms with van der Waals surface area (Å²) in [5.74, 6) is -90.4. The van der Waals surface area contributed by atoms with E-state index >= 15 is 0 Å². The van der Waals surface area contributed by atoms with Gasteiger partial charge in [0.15, 0.2) is 175 Å². The van der Waals surface area contributed by atoms with Crippen molar-refractivity contribution >= 4 is 46.2 Å². The molecule has 6 aromatic rings. The van der Waals surface area contributed by atoms with Crippen molar-refractivity contribution in [3.05, 3.63) is 175 Å². The van der Waals surface area contributed by atoms with Crippen LogP contribution in [0.5, 0.6) is 0 Å². The summed E-state index contributed by atoms with van der Waals surface area (Å²) in [6.45, 7) is -4.42. The smallest absolute Gasteiger partial charge is 0.204 e. The van der Waals surface area contributed by atoms with Crippen LogP contribution < -0.4 is 32.8 Å². The molecule has 0 atom stereocenters. The van der Waals surface area contributed by atoms with Gasteiger partial charge in [0.1, 0.15) is 0 Å². The number of hydrogen-bond donors (Lipinski definition) is 0. The predicted molar refractivity (Wildman–Crippen MR) is 173 cm³/mol. The van der Waals surface area contributed by atoms with Crippen molar-refractivity contribution in [1.29, 1.82) is 5.26 Å². The Balaban J connectivity index is 0.000000294. The lowest BCUT2D eigenvalue weighted by molar-refractivity contribution is 0.380. The van der Waals surface area contributed by atoms with Crippen LogP contribution in [0.2, 0.25) is 0 Å². The number of rotatable bonds is 6. The lowest BCUT2D eigenvalue weighted by Crippen LogP contribution is -2.60. The molecule has 6 rings (SSSR count). The van der Waals surface area contributed by atoms with Crippen LogP contribution in [0.25, 0.3) is 0 Å². The molecular weight excluding hydrogens is 1050 g/mol. The average Bonchev–Trinajstić information content (AvgIpc) is 3.34. The molecule has 0 amide bonds. The maximum absolute atomic E-state index is 14.4. The van der Waals surface area contributed by atoms with Crippen molar-refractivity contribution < 1.29 is 132 Å². The van der Waals surface area contributed by atoms with Crippen LogP contribution >= 0.6 is 0 Å². The molecule has 1 nitrogen and oxygen atoms in total. The van der Waals surface area contributed by atoms with Gasteiger partial charge in [0.05, 0.1) is 0 Å². The molecule has 6 aromatic carbocycles. The highest BCUT2D eigenvalue weighted by Gasteiger charge is 2.47. The van der Waals surface area contributed by atoms with E-state index in [9.17, 15) is 132 Å². The summed E-state index contributed by atoms with van der Waals surface area (Å²) in [6.07, 6.45) is 0. The highest BCUT2D eigenvalue weighted by molar-refractivity contribution is 6.96. The normalized spacial score (nSPS) is 11.1. The molecule has 0 unspecified atom stereocenters. The molecule has 0 saturated heterocycles. The van der Waals surface area contributed by atoms with Crippen LogP contribution in [0.3, 0.4) is 0 Å². The van der Waals surface area contributed by atoms with Crippen LogP contribution in [0, 0.1) is 186 Å². The second kappa shape index (κ2) is 20.1. The molecule has 70 heavy (non-hydrogen) atoms. The van der Waals surface area contributed by atoms with E-state index in [0.29, 0.717) is 0 Å². The topological polar surface area (TPSA) is 23.8 Å². The Morgan fingerprint density at radius 1 is 0.143 bits per heavy atom. The van der Waals surface area contributed by atoms with Crippen molar-refractivity contribution in [3.8, 4) is 6.57 Å². The minimum absolute atomic E-state index is 2.68. The average molecular weight is 1050 g/mol. The zero-order chi connectivity index (χ0) is 53.9. The molecule has 0 spiro atoms. The first-order valence-corrected chi connectivity index (χ1v) is 16.7. The molecule has 0 saturated carbocycles. The second-order valence-electron chi connectivity index (χ2n) is 12.8. The molecule has 0 aliphatic rings. The Labute approximate surface area is 364 Å². The van der Waals surface area contributed by atoms with Gasteiger partial charge in [-0.1, -0.05) is 0 Å². The molecule has 0 aliphatic heterocycles. The van der Waals surface area contributed by atoms with Gasteiger partial charge in [-0.15, -0.1) is 0 Å². The van der Waals surface area contributed by atoms with Crippen LogP contribution in [-0.4, -0.2) is 13.4 Å². The van der Waals surface area contributed by atoms with Crippen LogP contribution in [-0.2, 0) is 0 Å². The molecule has 0 fully saturated rings. The molecule has 0 radical (unpaired) electrons. The molecular formula is C37HB2F30N. The van der Waals surface area contributed by atoms with E-state index in [4.69, 9.17) is 5.26 Å². The summed E-state index contributed by atoms with van der Waals surface area (Å²) in [5.41, 5.74) is -16.1. The van der Waals surface area contributed by atoms with Gasteiger partial charge in [0.2, 0.25) is 0 Å². The Kier molecular flexibility index (Phi) is 15.9. The third kappa shape index (κ3) is 8.42. The van der Waals surface area contributed by atoms with Gasteiger partial charge in [-0.25, -0.2) is 137 Å². The quantitative estimate of drug-likeness (QED) is 0.0710. The summed E-state index contributed by atoms with van der Waals surface area (Å²) in [5, 5.41) is 6.50. The Morgan fingerprint density at radius 3 is 0.271 bits per heavy atom. The van der Waals surface area contributed by atoms with Gasteiger partial charge in [0, 0.05) is 39.3 Å². The number of nitriles is 1. The third-order valence-corrected chi connectivity index (χ3v) is 9.19. The first-order valence-electron chi connectivity index (χ1n) is 16.7. The van der Waals surface area contributed by atoms with E-state index in [2.05, 4.69) is 6.57 Å². The Bertz CT molecular complexity index is 2500. The van der Waals surface area contributed by atoms with Crippen molar-refractivity contribution in [2.45, 2.75) is 0 Å². The molecule has 33 heteroatoms. The summed E-state index contributed by atoms with van der Waals surface area (Å²) in [7, 11) is 0. The first-order chi connectivity index (χ1) is 32.3. The molecule has 0 heterocycles. The lowest BCUT2D eigenvalue weighted by atomic mass is 9.36. The maximum atomic E-state index is 14.4. The summed E-state index contributed by atoms with van der Waals surface area (Å²) in [6, 6.07) is 0. The van der Waals surface area contributed by atoms with Crippen molar-refractivity contribution in [1.82, 2.24) is 0 Å². The van der Waals surface area contributed by atoms with Gasteiger partial charge in [0.25, 0.3) is 13.4 Å². The Morgan fingerprint density at radius 2 is 0.200 bits per heavy atom. The van der Waals surface area contributed by atoms with Gasteiger partial charge in [-0.05, 0) is 0 Å². The SMILES string of the molecule is C#N.Fc1c(F)c(F)c(B(c2c(F)c(F)c(F)c(F)c2F)c2c(F)c(F)c(F)c(F)c2F)c(F)c1F.Fc1c(F)c(F)c(B(c2c(F)c(F)c(F)c(F)c2F)c2c(F)c(F)c(F)c(F)c2F)c(F)c1F. The molecule has 0 aliphatic carbocycles. The van der Waals surface area contributed by atoms with Gasteiger partial charge in [-0.3, -0.25) is 0 Å². The van der Waals surface area contributed by atoms with E-state index in [1.165, 1.54) is 0 Å². The van der Waals surface area contributed by atoms with Crippen LogP contribution in [0.4, 0.5) is 132 Å². The number of benzene rings is 6. The first kappa shape index (κ1) is 55.4. The summed E-state index contributed by atoms with van der Waals surface area (Å²) < 4.78 is 417. The number of halogens is 30. The second-order valence-corrected chi connectivity index (χ2v) is 12.8. The monoisotopic (exact) mass is 1050 g/mol. The highest BCUT2D eigenvalue weighted by Crippen LogP contribution is 2.26. The zero-order valence-corrected chi connectivity index (χ0v) is 31.5. The van der Waals surface area contributed by atoms with E-state index in [-0.39, 0.29) is 0 Å². The highest BCUT2D eigenvalue weighted by atomic mass is 19.2. The zero-order valence-electron chi connectivity index (χ0n) is 31.5. The summed E-state index contributed by atoms with van der Waals surface area (Å²) in [4.78, 5) is 0. The molecule has 0 aromatic heterocycles. The number of hydrogen-bond acceptors (Lipinski definition) is 1. The third-order valence-electron chi connectivity index (χ3n) is 9.19. The fourth-order valence-corrected chi connectivity index (χ4v) is 6.12. The van der Waals surface area contributed by atoms with E-state index < -0.39 is 221 Å². The minimum Gasteiger partial charge on any atom is -0.204 e. The van der Waals surface area contributed by atoms with Crippen molar-refractivity contribution in [2.75, 3.05) is 0 Å². The van der Waals surface area contributed by atoms with Crippen LogP contribution in [0.1, 0.15) is 0 Å². The largest absolute Gasteiger partial charge is 0.265 e. The van der Waals surface area contributed by atoms with Crippen molar-refractivity contribution in [3.63, 3.8) is 0 Å². The van der Waals surface area contributed by atoms with E-state index in [0.717, 1.165) is 0 Å².